The van der Waals surface area contributed by atoms with Gasteiger partial charge < -0.3 is 45.7 Å². The molecule has 0 aromatic carbocycles. The lowest BCUT2D eigenvalue weighted by Crippen LogP contribution is -2.61. The van der Waals surface area contributed by atoms with Crippen molar-refractivity contribution >= 4 is 11.9 Å². The lowest BCUT2D eigenvalue weighted by atomic mass is 9.99. The van der Waals surface area contributed by atoms with Crippen LogP contribution in [-0.4, -0.2) is 94.9 Å². The fraction of sp³-hybridized carbons (Fsp3) is 0.875. The number of nitrogens with one attached hydrogen (secondary N) is 1. The first kappa shape index (κ1) is 23.7. The molecule has 158 valence electrons. The van der Waals surface area contributed by atoms with E-state index in [1.807, 2.05) is 0 Å². The van der Waals surface area contributed by atoms with E-state index < -0.39 is 67.4 Å². The molecule has 1 aliphatic rings. The Balaban J connectivity index is 2.73. The molecule has 1 amide bonds. The smallest absolute Gasteiger partial charge is 0.328 e. The van der Waals surface area contributed by atoms with E-state index in [0.717, 1.165) is 0 Å². The minimum Gasteiger partial charge on any atom is -0.467 e. The van der Waals surface area contributed by atoms with Crippen molar-refractivity contribution in [2.24, 2.45) is 11.7 Å². The number of aliphatic hydroxyl groups is 4. The van der Waals surface area contributed by atoms with Gasteiger partial charge >= 0.3 is 5.97 Å². The molecule has 8 atom stereocenters. The van der Waals surface area contributed by atoms with Gasteiger partial charge in [0.25, 0.3) is 0 Å². The van der Waals surface area contributed by atoms with E-state index >= 15 is 0 Å². The summed E-state index contributed by atoms with van der Waals surface area (Å²) in [5, 5.41) is 41.1. The van der Waals surface area contributed by atoms with E-state index in [2.05, 4.69) is 10.1 Å². The lowest BCUT2D eigenvalue weighted by molar-refractivity contribution is -0.310. The number of hydrogen-bond donors (Lipinski definition) is 6. The Morgan fingerprint density at radius 2 is 1.74 bits per heavy atom. The second kappa shape index (κ2) is 10.3. The molecule has 0 bridgehead atoms. The monoisotopic (exact) mass is 394 g/mol. The molecule has 27 heavy (non-hydrogen) atoms. The molecule has 0 aromatic rings. The Morgan fingerprint density at radius 1 is 1.15 bits per heavy atom. The average molecular weight is 394 g/mol. The third-order valence-corrected chi connectivity index (χ3v) is 4.43. The van der Waals surface area contributed by atoms with Gasteiger partial charge in [-0.2, -0.15) is 0 Å². The maximum atomic E-state index is 12.3. The van der Waals surface area contributed by atoms with Crippen LogP contribution in [0.1, 0.15) is 20.8 Å². The molecule has 1 heterocycles. The fourth-order valence-corrected chi connectivity index (χ4v) is 2.56. The van der Waals surface area contributed by atoms with E-state index in [9.17, 15) is 30.0 Å². The van der Waals surface area contributed by atoms with Gasteiger partial charge in [0.1, 0.15) is 36.5 Å². The molecular formula is C16H30N2O9. The number of amides is 1. The molecule has 1 aliphatic heterocycles. The van der Waals surface area contributed by atoms with Gasteiger partial charge in [-0.15, -0.1) is 0 Å². The largest absolute Gasteiger partial charge is 0.467 e. The first-order chi connectivity index (χ1) is 12.5. The third kappa shape index (κ3) is 5.82. The summed E-state index contributed by atoms with van der Waals surface area (Å²) in [5.74, 6) is -1.54. The zero-order valence-electron chi connectivity index (χ0n) is 15.8. The molecular weight excluding hydrogens is 364 g/mol. The number of carbonyl (C=O) groups excluding carboxylic acids is 2. The molecule has 11 nitrogen and oxygen atoms in total. The van der Waals surface area contributed by atoms with Crippen LogP contribution < -0.4 is 11.1 Å². The topological polar surface area (TPSA) is 181 Å². The summed E-state index contributed by atoms with van der Waals surface area (Å²) in [6.45, 7) is 4.28. The Hall–Kier alpha value is -1.34. The number of carbonyl (C=O) groups is 2. The molecule has 0 aliphatic carbocycles. The van der Waals surface area contributed by atoms with Crippen LogP contribution in [0.2, 0.25) is 0 Å². The second-order valence-corrected chi connectivity index (χ2v) is 6.82. The minimum atomic E-state index is -1.61. The fourth-order valence-electron chi connectivity index (χ4n) is 2.56. The van der Waals surface area contributed by atoms with E-state index in [-0.39, 0.29) is 5.92 Å². The number of esters is 1. The van der Waals surface area contributed by atoms with Gasteiger partial charge in [-0.3, -0.25) is 4.79 Å². The number of hydrogen-bond acceptors (Lipinski definition) is 10. The first-order valence-electron chi connectivity index (χ1n) is 8.64. The highest BCUT2D eigenvalue weighted by molar-refractivity contribution is 5.87. The van der Waals surface area contributed by atoms with Crippen molar-refractivity contribution < 1.29 is 44.2 Å². The summed E-state index contributed by atoms with van der Waals surface area (Å²) in [4.78, 5) is 24.1. The number of nitrogens with two attached hydrogens (primary N) is 1. The molecule has 0 unspecified atom stereocenters. The molecule has 0 radical (unpaired) electrons. The van der Waals surface area contributed by atoms with Crippen molar-refractivity contribution in [2.75, 3.05) is 13.7 Å². The van der Waals surface area contributed by atoms with Crippen molar-refractivity contribution in [1.29, 1.82) is 0 Å². The minimum absolute atomic E-state index is 0.240. The lowest BCUT2D eigenvalue weighted by Gasteiger charge is -2.41. The summed E-state index contributed by atoms with van der Waals surface area (Å²) in [7, 11) is 1.20. The zero-order chi connectivity index (χ0) is 20.9. The molecule has 0 spiro atoms. The van der Waals surface area contributed by atoms with E-state index in [4.69, 9.17) is 15.2 Å². The zero-order valence-corrected chi connectivity index (χ0v) is 15.8. The van der Waals surface area contributed by atoms with Gasteiger partial charge in [-0.1, -0.05) is 13.8 Å². The van der Waals surface area contributed by atoms with Gasteiger partial charge in [0.15, 0.2) is 6.29 Å². The van der Waals surface area contributed by atoms with Gasteiger partial charge in [0, 0.05) is 0 Å². The quantitative estimate of drug-likeness (QED) is 0.230. The highest BCUT2D eigenvalue weighted by Crippen LogP contribution is 2.23. The predicted molar refractivity (Wildman–Crippen MR) is 91.1 cm³/mol. The summed E-state index contributed by atoms with van der Waals surface area (Å²) in [6, 6.07) is -2.13. The number of methoxy groups -OCH3 is 1. The predicted octanol–water partition coefficient (Wildman–Crippen LogP) is -3.17. The standard InChI is InChI=1S/C16H30N2O9/c1-6(2)10(15(24)25-4)18-14(23)9(17)7(3)26-16-13(22)12(21)11(20)8(5-19)27-16/h6-13,16,19-22H,5,17H2,1-4H3,(H,18,23)/t7-,8-,9+,10+,11-,12+,13+,16+/m1/s1. The molecule has 0 aromatic heterocycles. The summed E-state index contributed by atoms with van der Waals surface area (Å²) < 4.78 is 15.3. The Kier molecular flexibility index (Phi) is 9.02. The van der Waals surface area contributed by atoms with E-state index in [0.29, 0.717) is 0 Å². The van der Waals surface area contributed by atoms with Crippen LogP contribution in [0.4, 0.5) is 0 Å². The van der Waals surface area contributed by atoms with Crippen molar-refractivity contribution in [3.8, 4) is 0 Å². The van der Waals surface area contributed by atoms with Crippen LogP contribution in [0, 0.1) is 5.92 Å². The highest BCUT2D eigenvalue weighted by atomic mass is 16.7. The maximum absolute atomic E-state index is 12.3. The number of aliphatic hydroxyl groups excluding tert-OH is 4. The van der Waals surface area contributed by atoms with Crippen molar-refractivity contribution in [3.05, 3.63) is 0 Å². The van der Waals surface area contributed by atoms with Crippen LogP contribution in [0.5, 0.6) is 0 Å². The van der Waals surface area contributed by atoms with Crippen LogP contribution in [0.3, 0.4) is 0 Å². The van der Waals surface area contributed by atoms with Crippen molar-refractivity contribution in [1.82, 2.24) is 5.32 Å². The molecule has 11 heteroatoms. The van der Waals surface area contributed by atoms with Gasteiger partial charge in [0.2, 0.25) is 5.91 Å². The average Bonchev–Trinajstić information content (AvgIpc) is 2.64. The summed E-state index contributed by atoms with van der Waals surface area (Å²) in [5.41, 5.74) is 5.85. The van der Waals surface area contributed by atoms with Crippen LogP contribution >= 0.6 is 0 Å². The van der Waals surface area contributed by atoms with Crippen LogP contribution in [0.25, 0.3) is 0 Å². The molecule has 1 saturated heterocycles. The molecule has 1 rings (SSSR count). The van der Waals surface area contributed by atoms with E-state index in [1.165, 1.54) is 14.0 Å². The SMILES string of the molecule is COC(=O)[C@@H](NC(=O)[C@@H](N)[C@@H](C)O[C@H]1O[C@H](CO)[C@@H](O)[C@H](O)[C@@H]1O)C(C)C. The van der Waals surface area contributed by atoms with Crippen molar-refractivity contribution in [3.63, 3.8) is 0 Å². The molecule has 0 saturated carbocycles. The van der Waals surface area contributed by atoms with Gasteiger partial charge in [-0.05, 0) is 12.8 Å². The Labute approximate surface area is 157 Å². The van der Waals surface area contributed by atoms with Crippen LogP contribution in [-0.2, 0) is 23.8 Å². The highest BCUT2D eigenvalue weighted by Gasteiger charge is 2.45. The maximum Gasteiger partial charge on any atom is 0.328 e. The normalized spacial score (nSPS) is 31.9. The van der Waals surface area contributed by atoms with Crippen LogP contribution in [0.15, 0.2) is 0 Å². The third-order valence-electron chi connectivity index (χ3n) is 4.43. The Bertz CT molecular complexity index is 502. The number of rotatable bonds is 8. The molecule has 1 fully saturated rings. The second-order valence-electron chi connectivity index (χ2n) is 6.82. The number of ether oxygens (including phenoxy) is 3. The van der Waals surface area contributed by atoms with Gasteiger partial charge in [0.05, 0.1) is 19.8 Å². The summed E-state index contributed by atoms with van der Waals surface area (Å²) in [6.07, 6.45) is -8.30. The summed E-state index contributed by atoms with van der Waals surface area (Å²) >= 11 is 0. The van der Waals surface area contributed by atoms with E-state index in [1.54, 1.807) is 13.8 Å². The Morgan fingerprint density at radius 3 is 2.22 bits per heavy atom. The first-order valence-corrected chi connectivity index (χ1v) is 8.64. The van der Waals surface area contributed by atoms with Gasteiger partial charge in [-0.25, -0.2) is 4.79 Å². The molecule has 7 N–H and O–H groups in total. The van der Waals surface area contributed by atoms with Crippen molar-refractivity contribution in [2.45, 2.75) is 69.7 Å².